The number of aromatic nitrogens is 4. The molecule has 9 heteroatoms. The highest BCUT2D eigenvalue weighted by atomic mass is 16.2. The Balaban J connectivity index is 1.51. The molecule has 3 heterocycles. The minimum Gasteiger partial charge on any atom is -0.356 e. The molecule has 0 atom stereocenters. The van der Waals surface area contributed by atoms with Gasteiger partial charge in [-0.05, 0) is 32.9 Å². The van der Waals surface area contributed by atoms with Gasteiger partial charge in [-0.25, -0.2) is 9.67 Å². The Kier molecular flexibility index (Phi) is 6.25. The van der Waals surface area contributed by atoms with Gasteiger partial charge in [0.05, 0.1) is 29.8 Å². The second-order valence-electron chi connectivity index (χ2n) is 7.91. The Hall–Kier alpha value is -3.62. The van der Waals surface area contributed by atoms with E-state index in [1.165, 1.54) is 0 Å². The van der Waals surface area contributed by atoms with Crippen LogP contribution in [0.25, 0.3) is 5.69 Å². The summed E-state index contributed by atoms with van der Waals surface area (Å²) in [6.45, 7) is 8.93. The zero-order valence-electron chi connectivity index (χ0n) is 19.1. The molecule has 1 fully saturated rings. The van der Waals surface area contributed by atoms with Crippen molar-refractivity contribution in [2.24, 2.45) is 12.0 Å². The fourth-order valence-electron chi connectivity index (χ4n) is 3.98. The molecule has 4 rings (SSSR count). The highest BCUT2D eigenvalue weighted by Gasteiger charge is 2.27. The molecule has 0 unspecified atom stereocenters. The number of hydrogen-bond acceptors (Lipinski definition) is 4. The van der Waals surface area contributed by atoms with Crippen LogP contribution in [0.4, 0.5) is 5.69 Å². The Labute approximate surface area is 188 Å². The summed E-state index contributed by atoms with van der Waals surface area (Å²) in [6, 6.07) is 10.1. The molecule has 1 aliphatic rings. The number of guanidine groups is 1. The van der Waals surface area contributed by atoms with E-state index in [4.69, 9.17) is 10.1 Å². The van der Waals surface area contributed by atoms with E-state index >= 15 is 0 Å². The molecular formula is C23H30N8O. The number of carbonyl (C=O) groups excluding carboxylic acids is 1. The van der Waals surface area contributed by atoms with E-state index in [0.717, 1.165) is 40.8 Å². The number of amides is 1. The molecule has 1 amide bonds. The maximum atomic E-state index is 12.8. The van der Waals surface area contributed by atoms with Gasteiger partial charge in [0.25, 0.3) is 0 Å². The van der Waals surface area contributed by atoms with Crippen molar-refractivity contribution in [2.45, 2.75) is 27.3 Å². The average Bonchev–Trinajstić information content (AvgIpc) is 3.34. The fraction of sp³-hybridized carbons (Fsp3) is 0.391. The van der Waals surface area contributed by atoms with Gasteiger partial charge in [0, 0.05) is 44.1 Å². The number of rotatable bonds is 5. The van der Waals surface area contributed by atoms with E-state index in [0.29, 0.717) is 19.6 Å². The van der Waals surface area contributed by atoms with Crippen molar-refractivity contribution in [1.29, 1.82) is 0 Å². The molecule has 2 aromatic heterocycles. The first kappa shape index (κ1) is 21.6. The summed E-state index contributed by atoms with van der Waals surface area (Å²) < 4.78 is 3.67. The summed E-state index contributed by atoms with van der Waals surface area (Å²) >= 11 is 0. The van der Waals surface area contributed by atoms with Crippen LogP contribution in [0.2, 0.25) is 0 Å². The van der Waals surface area contributed by atoms with Crippen LogP contribution in [0.15, 0.2) is 47.7 Å². The number of benzene rings is 1. The summed E-state index contributed by atoms with van der Waals surface area (Å²) in [5, 5.41) is 12.2. The van der Waals surface area contributed by atoms with E-state index in [9.17, 15) is 4.79 Å². The van der Waals surface area contributed by atoms with Gasteiger partial charge in [0.1, 0.15) is 6.54 Å². The van der Waals surface area contributed by atoms with Crippen molar-refractivity contribution in [3.05, 3.63) is 59.7 Å². The smallest absolute Gasteiger partial charge is 0.246 e. The number of para-hydroxylation sites is 1. The Bertz CT molecular complexity index is 1110. The predicted molar refractivity (Wildman–Crippen MR) is 125 cm³/mol. The predicted octanol–water partition coefficient (Wildman–Crippen LogP) is 2.04. The fourth-order valence-corrected chi connectivity index (χ4v) is 3.98. The van der Waals surface area contributed by atoms with Crippen LogP contribution in [0.3, 0.4) is 0 Å². The number of aryl methyl sites for hydroxylation is 2. The van der Waals surface area contributed by atoms with Gasteiger partial charge < -0.3 is 15.1 Å². The third kappa shape index (κ3) is 4.37. The van der Waals surface area contributed by atoms with Crippen molar-refractivity contribution in [1.82, 2.24) is 29.8 Å². The van der Waals surface area contributed by atoms with E-state index in [1.54, 1.807) is 15.8 Å². The van der Waals surface area contributed by atoms with E-state index in [2.05, 4.69) is 17.3 Å². The molecule has 0 aliphatic carbocycles. The highest BCUT2D eigenvalue weighted by molar-refractivity contribution is 5.98. The first-order valence-electron chi connectivity index (χ1n) is 10.9. The molecule has 0 saturated carbocycles. The second-order valence-corrected chi connectivity index (χ2v) is 7.91. The van der Waals surface area contributed by atoms with Crippen LogP contribution in [-0.4, -0.2) is 62.5 Å². The van der Waals surface area contributed by atoms with Crippen LogP contribution in [0.5, 0.6) is 0 Å². The SMILES string of the molecule is CCNC(=NCc1c(C)nn(-c2ccccc2)c1C)N1CCN(c2cnn(C)c2)C(=O)C1. The molecule has 32 heavy (non-hydrogen) atoms. The lowest BCUT2D eigenvalue weighted by molar-refractivity contribution is -0.120. The van der Waals surface area contributed by atoms with Gasteiger partial charge in [0.2, 0.25) is 5.91 Å². The second kappa shape index (κ2) is 9.25. The molecule has 168 valence electrons. The summed E-state index contributed by atoms with van der Waals surface area (Å²) in [7, 11) is 1.85. The van der Waals surface area contributed by atoms with Crippen LogP contribution in [0.1, 0.15) is 23.9 Å². The largest absolute Gasteiger partial charge is 0.356 e. The molecule has 1 N–H and O–H groups in total. The monoisotopic (exact) mass is 434 g/mol. The number of hydrogen-bond donors (Lipinski definition) is 1. The molecule has 1 aromatic carbocycles. The molecule has 1 aliphatic heterocycles. The zero-order valence-corrected chi connectivity index (χ0v) is 19.1. The van der Waals surface area contributed by atoms with Crippen molar-refractivity contribution in [2.75, 3.05) is 31.1 Å². The third-order valence-electron chi connectivity index (χ3n) is 5.69. The van der Waals surface area contributed by atoms with Gasteiger partial charge in [0.15, 0.2) is 5.96 Å². The number of nitrogens with one attached hydrogen (secondary N) is 1. The van der Waals surface area contributed by atoms with Crippen molar-refractivity contribution < 1.29 is 4.79 Å². The normalized spacial score (nSPS) is 14.9. The molecule has 3 aromatic rings. The van der Waals surface area contributed by atoms with E-state index in [-0.39, 0.29) is 12.5 Å². The van der Waals surface area contributed by atoms with Gasteiger partial charge in [-0.2, -0.15) is 10.2 Å². The lowest BCUT2D eigenvalue weighted by Gasteiger charge is -2.35. The number of piperazine rings is 1. The number of carbonyl (C=O) groups is 1. The van der Waals surface area contributed by atoms with E-state index < -0.39 is 0 Å². The summed E-state index contributed by atoms with van der Waals surface area (Å²) in [4.78, 5) is 21.5. The van der Waals surface area contributed by atoms with Crippen LogP contribution >= 0.6 is 0 Å². The molecule has 1 saturated heterocycles. The zero-order chi connectivity index (χ0) is 22.7. The summed E-state index contributed by atoms with van der Waals surface area (Å²) in [5.41, 5.74) is 5.00. The average molecular weight is 435 g/mol. The van der Waals surface area contributed by atoms with Crippen LogP contribution in [-0.2, 0) is 18.4 Å². The molecule has 0 bridgehead atoms. The summed E-state index contributed by atoms with van der Waals surface area (Å²) in [6.07, 6.45) is 3.59. The molecule has 9 nitrogen and oxygen atoms in total. The van der Waals surface area contributed by atoms with Gasteiger partial charge in [-0.3, -0.25) is 9.48 Å². The Morgan fingerprint density at radius 2 is 1.94 bits per heavy atom. The Morgan fingerprint density at radius 1 is 1.16 bits per heavy atom. The maximum absolute atomic E-state index is 12.8. The van der Waals surface area contributed by atoms with Crippen molar-refractivity contribution in [3.63, 3.8) is 0 Å². The molecular weight excluding hydrogens is 404 g/mol. The van der Waals surface area contributed by atoms with Gasteiger partial charge in [-0.15, -0.1) is 0 Å². The number of nitrogens with zero attached hydrogens (tertiary/aromatic N) is 7. The maximum Gasteiger partial charge on any atom is 0.246 e. The lowest BCUT2D eigenvalue weighted by atomic mass is 10.2. The van der Waals surface area contributed by atoms with Crippen molar-refractivity contribution in [3.8, 4) is 5.69 Å². The highest BCUT2D eigenvalue weighted by Crippen LogP contribution is 2.20. The Morgan fingerprint density at radius 3 is 2.59 bits per heavy atom. The molecule has 0 radical (unpaired) electrons. The minimum atomic E-state index is 0.0408. The quantitative estimate of drug-likeness (QED) is 0.491. The first-order valence-corrected chi connectivity index (χ1v) is 10.9. The topological polar surface area (TPSA) is 83.6 Å². The van der Waals surface area contributed by atoms with Crippen LogP contribution in [0, 0.1) is 13.8 Å². The van der Waals surface area contributed by atoms with Crippen LogP contribution < -0.4 is 10.2 Å². The standard InChI is InChI=1S/C23H30N8O/c1-5-24-23(29-11-12-30(22(32)16-29)20-13-26-28(4)15-20)25-14-21-17(2)27-31(18(21)3)19-9-7-6-8-10-19/h6-10,13,15H,5,11-12,14,16H2,1-4H3,(H,24,25). The third-order valence-corrected chi connectivity index (χ3v) is 5.69. The lowest BCUT2D eigenvalue weighted by Crippen LogP contribution is -2.55. The van der Waals surface area contributed by atoms with Gasteiger partial charge >= 0.3 is 0 Å². The minimum absolute atomic E-state index is 0.0408. The van der Waals surface area contributed by atoms with Crippen molar-refractivity contribution >= 4 is 17.6 Å². The number of aliphatic imine (C=N–C) groups is 1. The first-order chi connectivity index (χ1) is 15.5. The summed E-state index contributed by atoms with van der Waals surface area (Å²) in [5.74, 6) is 0.789. The van der Waals surface area contributed by atoms with E-state index in [1.807, 2.05) is 67.0 Å². The van der Waals surface area contributed by atoms with Gasteiger partial charge in [-0.1, -0.05) is 18.2 Å². The number of anilines is 1. The molecule has 0 spiro atoms.